The van der Waals surface area contributed by atoms with E-state index < -0.39 is 10.0 Å². The molecule has 31 heavy (non-hydrogen) atoms. The molecule has 1 atom stereocenters. The summed E-state index contributed by atoms with van der Waals surface area (Å²) >= 11 is 0. The molecule has 1 amide bonds. The van der Waals surface area contributed by atoms with Crippen LogP contribution in [-0.4, -0.2) is 85.0 Å². The van der Waals surface area contributed by atoms with E-state index in [1.165, 1.54) is 19.6 Å². The summed E-state index contributed by atoms with van der Waals surface area (Å²) in [6.45, 7) is 2.65. The summed E-state index contributed by atoms with van der Waals surface area (Å²) in [6.07, 6.45) is 7.58. The van der Waals surface area contributed by atoms with E-state index in [1.807, 2.05) is 12.1 Å². The lowest BCUT2D eigenvalue weighted by Crippen LogP contribution is -2.42. The Kier molecular flexibility index (Phi) is 6.26. The van der Waals surface area contributed by atoms with Crippen molar-refractivity contribution in [2.24, 2.45) is 11.3 Å². The average Bonchev–Trinajstić information content (AvgIpc) is 3.43. The Labute approximate surface area is 181 Å². The number of carbonyl (C=O) groups excluding carboxylic acids is 1. The lowest BCUT2D eigenvalue weighted by molar-refractivity contribution is -0.130. The third-order valence-electron chi connectivity index (χ3n) is 6.26. The molecule has 0 aromatic carbocycles. The summed E-state index contributed by atoms with van der Waals surface area (Å²) in [5.41, 5.74) is -0.0864. The third kappa shape index (κ3) is 4.58. The monoisotopic (exact) mass is 449 g/mol. The Bertz CT molecular complexity index is 977. The minimum absolute atomic E-state index is 0.0344. The third-order valence-corrected chi connectivity index (χ3v) is 7.99. The zero-order chi connectivity index (χ0) is 21.9. The fourth-order valence-corrected chi connectivity index (χ4v) is 5.37. The number of carbonyl (C=O) groups is 1. The zero-order valence-corrected chi connectivity index (χ0v) is 18.3. The second kappa shape index (κ2) is 8.93. The van der Waals surface area contributed by atoms with Crippen molar-refractivity contribution in [3.8, 4) is 5.75 Å². The van der Waals surface area contributed by atoms with Gasteiger partial charge in [-0.05, 0) is 25.0 Å². The van der Waals surface area contributed by atoms with Gasteiger partial charge in [0.2, 0.25) is 5.91 Å². The molecule has 2 aromatic heterocycles. The number of pyridine rings is 1. The number of hydrogen-bond acceptors (Lipinski definition) is 7. The highest BCUT2D eigenvalue weighted by molar-refractivity contribution is 7.89. The van der Waals surface area contributed by atoms with Gasteiger partial charge in [-0.3, -0.25) is 9.78 Å². The molecule has 2 aliphatic rings. The lowest BCUT2D eigenvalue weighted by atomic mass is 9.72. The SMILES string of the molecule is CN(CC(=O)N1CC(COc2cccnc2)C2(CCOCC2)C1)S(=O)(=O)c1cnc[nH]1. The second-order valence-corrected chi connectivity index (χ2v) is 10.1. The van der Waals surface area contributed by atoms with Gasteiger partial charge < -0.3 is 19.4 Å². The van der Waals surface area contributed by atoms with Crippen LogP contribution in [0.25, 0.3) is 0 Å². The van der Waals surface area contributed by atoms with Crippen LogP contribution in [0.15, 0.2) is 42.1 Å². The van der Waals surface area contributed by atoms with E-state index in [-0.39, 0.29) is 28.8 Å². The molecule has 168 valence electrons. The first kappa shape index (κ1) is 21.7. The number of sulfonamides is 1. The number of rotatable bonds is 7. The Hall–Kier alpha value is -2.50. The Morgan fingerprint density at radius 1 is 1.35 bits per heavy atom. The van der Waals surface area contributed by atoms with Gasteiger partial charge in [0, 0.05) is 50.9 Å². The molecule has 1 N–H and O–H groups in total. The highest BCUT2D eigenvalue weighted by Crippen LogP contribution is 2.44. The number of nitrogens with one attached hydrogen (secondary N) is 1. The fourth-order valence-electron chi connectivity index (χ4n) is 4.35. The maximum absolute atomic E-state index is 13.0. The molecule has 0 saturated carbocycles. The summed E-state index contributed by atoms with van der Waals surface area (Å²) in [5, 5.41) is -0.0344. The molecule has 0 bridgehead atoms. The van der Waals surface area contributed by atoms with E-state index in [9.17, 15) is 13.2 Å². The summed E-state index contributed by atoms with van der Waals surface area (Å²) in [7, 11) is -2.40. The molecule has 2 aliphatic heterocycles. The first-order valence-corrected chi connectivity index (χ1v) is 11.7. The summed E-state index contributed by atoms with van der Waals surface area (Å²) < 4.78 is 37.8. The summed E-state index contributed by atoms with van der Waals surface area (Å²) in [4.78, 5) is 25.2. The molecule has 2 fully saturated rings. The van der Waals surface area contributed by atoms with Crippen LogP contribution < -0.4 is 4.74 Å². The molecule has 10 nitrogen and oxygen atoms in total. The summed E-state index contributed by atoms with van der Waals surface area (Å²) in [5.74, 6) is 0.607. The maximum atomic E-state index is 13.0. The van der Waals surface area contributed by atoms with Gasteiger partial charge in [-0.2, -0.15) is 4.31 Å². The Balaban J connectivity index is 1.44. The van der Waals surface area contributed by atoms with E-state index >= 15 is 0 Å². The first-order chi connectivity index (χ1) is 14.9. The van der Waals surface area contributed by atoms with Crippen LogP contribution in [0.4, 0.5) is 0 Å². The number of ether oxygens (including phenoxy) is 2. The smallest absolute Gasteiger partial charge is 0.260 e. The number of H-pyrrole nitrogens is 1. The van der Waals surface area contributed by atoms with Gasteiger partial charge in [-0.1, -0.05) is 0 Å². The van der Waals surface area contributed by atoms with Crippen molar-refractivity contribution in [3.63, 3.8) is 0 Å². The largest absolute Gasteiger partial charge is 0.492 e. The Morgan fingerprint density at radius 2 is 2.16 bits per heavy atom. The topological polar surface area (TPSA) is 118 Å². The van der Waals surface area contributed by atoms with E-state index in [0.717, 1.165) is 17.1 Å². The first-order valence-electron chi connectivity index (χ1n) is 10.2. The van der Waals surface area contributed by atoms with Crippen LogP contribution in [-0.2, 0) is 19.6 Å². The van der Waals surface area contributed by atoms with Gasteiger partial charge in [0.25, 0.3) is 10.0 Å². The predicted molar refractivity (Wildman–Crippen MR) is 111 cm³/mol. The van der Waals surface area contributed by atoms with Crippen molar-refractivity contribution in [1.82, 2.24) is 24.2 Å². The molecular formula is C20H27N5O5S. The van der Waals surface area contributed by atoms with Crippen molar-refractivity contribution in [2.45, 2.75) is 17.9 Å². The molecule has 2 saturated heterocycles. The van der Waals surface area contributed by atoms with Crippen LogP contribution in [0, 0.1) is 11.3 Å². The quantitative estimate of drug-likeness (QED) is 0.663. The molecule has 11 heteroatoms. The summed E-state index contributed by atoms with van der Waals surface area (Å²) in [6, 6.07) is 3.68. The molecule has 1 unspecified atom stereocenters. The average molecular weight is 450 g/mol. The number of nitrogens with zero attached hydrogens (tertiary/aromatic N) is 4. The van der Waals surface area contributed by atoms with Crippen LogP contribution in [0.1, 0.15) is 12.8 Å². The van der Waals surface area contributed by atoms with Crippen molar-refractivity contribution in [1.29, 1.82) is 0 Å². The van der Waals surface area contributed by atoms with Crippen LogP contribution in [0.5, 0.6) is 5.75 Å². The number of aromatic amines is 1. The van der Waals surface area contributed by atoms with E-state index in [2.05, 4.69) is 15.0 Å². The van der Waals surface area contributed by atoms with E-state index in [1.54, 1.807) is 17.3 Å². The molecule has 4 rings (SSSR count). The normalized spacial score (nSPS) is 21.0. The molecule has 0 aliphatic carbocycles. The highest BCUT2D eigenvalue weighted by Gasteiger charge is 2.49. The number of likely N-dealkylation sites (N-methyl/N-ethyl adjacent to an activating group) is 1. The minimum Gasteiger partial charge on any atom is -0.492 e. The van der Waals surface area contributed by atoms with Gasteiger partial charge in [0.1, 0.15) is 5.75 Å². The lowest BCUT2D eigenvalue weighted by Gasteiger charge is -2.37. The number of likely N-dealkylation sites (tertiary alicyclic amines) is 1. The number of amides is 1. The van der Waals surface area contributed by atoms with E-state index in [0.29, 0.717) is 38.7 Å². The standard InChI is InChI=1S/C20H27N5O5S/c1-24(31(27,28)18-10-22-15-23-18)12-19(26)25-11-16(13-30-17-3-2-6-21-9-17)20(14-25)4-7-29-8-5-20/h2-3,6,9-10,15-16H,4-5,7-8,11-14H2,1H3,(H,22,23). The molecule has 4 heterocycles. The number of aromatic nitrogens is 3. The molecule has 1 spiro atoms. The highest BCUT2D eigenvalue weighted by atomic mass is 32.2. The fraction of sp³-hybridized carbons (Fsp3) is 0.550. The van der Waals surface area contributed by atoms with Crippen molar-refractivity contribution < 1.29 is 22.7 Å². The van der Waals surface area contributed by atoms with Crippen molar-refractivity contribution >= 4 is 15.9 Å². The van der Waals surface area contributed by atoms with Crippen LogP contribution in [0.3, 0.4) is 0 Å². The van der Waals surface area contributed by atoms with Crippen molar-refractivity contribution in [3.05, 3.63) is 37.1 Å². The number of imidazole rings is 1. The van der Waals surface area contributed by atoms with Gasteiger partial charge >= 0.3 is 0 Å². The van der Waals surface area contributed by atoms with Crippen molar-refractivity contribution in [2.75, 3.05) is 46.5 Å². The van der Waals surface area contributed by atoms with Gasteiger partial charge in [-0.25, -0.2) is 13.4 Å². The second-order valence-electron chi connectivity index (χ2n) is 8.12. The zero-order valence-electron chi connectivity index (χ0n) is 17.4. The maximum Gasteiger partial charge on any atom is 0.260 e. The molecule has 2 aromatic rings. The Morgan fingerprint density at radius 3 is 2.84 bits per heavy atom. The van der Waals surface area contributed by atoms with Gasteiger partial charge in [0.05, 0.1) is 31.9 Å². The molecule has 0 radical (unpaired) electrons. The predicted octanol–water partition coefficient (Wildman–Crippen LogP) is 0.759. The van der Waals surface area contributed by atoms with Gasteiger partial charge in [0.15, 0.2) is 5.03 Å². The van der Waals surface area contributed by atoms with Crippen LogP contribution >= 0.6 is 0 Å². The minimum atomic E-state index is -3.80. The van der Waals surface area contributed by atoms with Crippen LogP contribution in [0.2, 0.25) is 0 Å². The van der Waals surface area contributed by atoms with Gasteiger partial charge in [-0.15, -0.1) is 0 Å². The number of hydrogen-bond donors (Lipinski definition) is 1. The van der Waals surface area contributed by atoms with E-state index in [4.69, 9.17) is 9.47 Å². The molecular weight excluding hydrogens is 422 g/mol.